The van der Waals surface area contributed by atoms with Crippen LogP contribution in [0.1, 0.15) is 13.8 Å². The second kappa shape index (κ2) is 6.94. The zero-order valence-electron chi connectivity index (χ0n) is 10.6. The molecule has 1 unspecified atom stereocenters. The van der Waals surface area contributed by atoms with Gasteiger partial charge in [0.15, 0.2) is 0 Å². The van der Waals surface area contributed by atoms with E-state index in [0.29, 0.717) is 11.6 Å². The van der Waals surface area contributed by atoms with Gasteiger partial charge in [-0.15, -0.1) is 0 Å². The van der Waals surface area contributed by atoms with Crippen LogP contribution in [0.4, 0.5) is 14.9 Å². The van der Waals surface area contributed by atoms with Gasteiger partial charge < -0.3 is 10.6 Å². The van der Waals surface area contributed by atoms with Crippen LogP contribution < -0.4 is 16.0 Å². The zero-order chi connectivity index (χ0) is 14.4. The number of urea groups is 1. The van der Waals surface area contributed by atoms with Gasteiger partial charge in [-0.25, -0.2) is 9.18 Å². The Morgan fingerprint density at radius 1 is 1.42 bits per heavy atom. The average Bonchev–Trinajstić information content (AvgIpc) is 2.34. The number of halogens is 2. The molecule has 0 aliphatic heterocycles. The minimum atomic E-state index is -0.782. The van der Waals surface area contributed by atoms with Crippen molar-refractivity contribution in [3.8, 4) is 0 Å². The molecule has 3 N–H and O–H groups in total. The molecule has 1 atom stereocenters. The summed E-state index contributed by atoms with van der Waals surface area (Å²) in [6.45, 7) is 3.64. The molecule has 1 aromatic carbocycles. The van der Waals surface area contributed by atoms with Crippen LogP contribution in [0, 0.1) is 5.82 Å². The highest BCUT2D eigenvalue weighted by molar-refractivity contribution is 6.30. The van der Waals surface area contributed by atoms with Gasteiger partial charge in [0.05, 0.1) is 5.69 Å². The van der Waals surface area contributed by atoms with Crippen LogP contribution in [0.15, 0.2) is 18.2 Å². The van der Waals surface area contributed by atoms with E-state index in [9.17, 15) is 14.0 Å². The van der Waals surface area contributed by atoms with Crippen LogP contribution in [0.5, 0.6) is 0 Å². The second-order valence-electron chi connectivity index (χ2n) is 3.84. The first kappa shape index (κ1) is 15.2. The summed E-state index contributed by atoms with van der Waals surface area (Å²) in [5, 5.41) is 7.54. The van der Waals surface area contributed by atoms with E-state index in [1.807, 2.05) is 0 Å². The third-order valence-electron chi connectivity index (χ3n) is 2.27. The molecule has 0 aromatic heterocycles. The summed E-state index contributed by atoms with van der Waals surface area (Å²) < 4.78 is 13.4. The monoisotopic (exact) mass is 287 g/mol. The molecular formula is C12H15ClFN3O2. The first-order valence-corrected chi connectivity index (χ1v) is 6.12. The highest BCUT2D eigenvalue weighted by Crippen LogP contribution is 2.20. The molecule has 0 aliphatic rings. The Bertz CT molecular complexity index is 482. The van der Waals surface area contributed by atoms with E-state index < -0.39 is 23.8 Å². The van der Waals surface area contributed by atoms with Crippen molar-refractivity contribution in [2.45, 2.75) is 19.9 Å². The molecule has 0 radical (unpaired) electrons. The molecule has 0 heterocycles. The zero-order valence-corrected chi connectivity index (χ0v) is 11.3. The molecule has 0 bridgehead atoms. The number of nitrogens with one attached hydrogen (secondary N) is 3. The second-order valence-corrected chi connectivity index (χ2v) is 4.28. The highest BCUT2D eigenvalue weighted by Gasteiger charge is 2.16. The Labute approximate surface area is 115 Å². The SMILES string of the molecule is CCNC(=O)NC(=O)C(C)Nc1cc(Cl)ccc1F. The van der Waals surface area contributed by atoms with Crippen molar-refractivity contribution in [3.63, 3.8) is 0 Å². The maximum absolute atomic E-state index is 13.4. The molecular weight excluding hydrogens is 273 g/mol. The summed E-state index contributed by atoms with van der Waals surface area (Å²) in [6, 6.07) is 2.59. The normalized spacial score (nSPS) is 11.6. The highest BCUT2D eigenvalue weighted by atomic mass is 35.5. The minimum absolute atomic E-state index is 0.103. The predicted octanol–water partition coefficient (Wildman–Crippen LogP) is 2.13. The van der Waals surface area contributed by atoms with E-state index in [-0.39, 0.29) is 5.69 Å². The van der Waals surface area contributed by atoms with Crippen molar-refractivity contribution in [2.24, 2.45) is 0 Å². The van der Waals surface area contributed by atoms with Gasteiger partial charge in [0, 0.05) is 11.6 Å². The van der Waals surface area contributed by atoms with Gasteiger partial charge in [-0.1, -0.05) is 11.6 Å². The molecule has 104 valence electrons. The lowest BCUT2D eigenvalue weighted by atomic mass is 10.2. The summed E-state index contributed by atoms with van der Waals surface area (Å²) in [5.41, 5.74) is 0.103. The molecule has 0 saturated carbocycles. The van der Waals surface area contributed by atoms with Crippen LogP contribution >= 0.6 is 11.6 Å². The molecule has 3 amide bonds. The van der Waals surface area contributed by atoms with Gasteiger partial charge in [0.1, 0.15) is 11.9 Å². The van der Waals surface area contributed by atoms with E-state index in [0.717, 1.165) is 0 Å². The summed E-state index contributed by atoms with van der Waals surface area (Å²) in [5.74, 6) is -1.09. The summed E-state index contributed by atoms with van der Waals surface area (Å²) in [6.07, 6.45) is 0. The van der Waals surface area contributed by atoms with Crippen molar-refractivity contribution >= 4 is 29.2 Å². The minimum Gasteiger partial charge on any atom is -0.371 e. The number of anilines is 1. The van der Waals surface area contributed by atoms with Gasteiger partial charge in [0.25, 0.3) is 0 Å². The van der Waals surface area contributed by atoms with E-state index in [1.54, 1.807) is 6.92 Å². The summed E-state index contributed by atoms with van der Waals surface area (Å²) >= 11 is 5.73. The van der Waals surface area contributed by atoms with Crippen molar-refractivity contribution in [1.82, 2.24) is 10.6 Å². The number of carbonyl (C=O) groups is 2. The summed E-state index contributed by atoms with van der Waals surface area (Å²) in [4.78, 5) is 22.8. The molecule has 19 heavy (non-hydrogen) atoms. The molecule has 7 heteroatoms. The van der Waals surface area contributed by atoms with Crippen LogP contribution in [0.3, 0.4) is 0 Å². The lowest BCUT2D eigenvalue weighted by molar-refractivity contribution is -0.120. The van der Waals surface area contributed by atoms with Crippen LogP contribution in [-0.4, -0.2) is 24.5 Å². The number of hydrogen-bond donors (Lipinski definition) is 3. The molecule has 0 saturated heterocycles. The Hall–Kier alpha value is -1.82. The van der Waals surface area contributed by atoms with Gasteiger partial charge in [-0.05, 0) is 32.0 Å². The number of benzene rings is 1. The number of hydrogen-bond acceptors (Lipinski definition) is 3. The Morgan fingerprint density at radius 2 is 2.11 bits per heavy atom. The largest absolute Gasteiger partial charge is 0.371 e. The van der Waals surface area contributed by atoms with Gasteiger partial charge in [-0.3, -0.25) is 10.1 Å². The molecule has 5 nitrogen and oxygen atoms in total. The third-order valence-corrected chi connectivity index (χ3v) is 2.50. The fourth-order valence-electron chi connectivity index (χ4n) is 1.33. The van der Waals surface area contributed by atoms with Gasteiger partial charge >= 0.3 is 6.03 Å². The van der Waals surface area contributed by atoms with Crippen molar-refractivity contribution < 1.29 is 14.0 Å². The molecule has 0 fully saturated rings. The smallest absolute Gasteiger partial charge is 0.321 e. The fourth-order valence-corrected chi connectivity index (χ4v) is 1.50. The Balaban J connectivity index is 2.63. The number of imide groups is 1. The topological polar surface area (TPSA) is 70.2 Å². The standard InChI is InChI=1S/C12H15ClFN3O2/c1-3-15-12(19)17-11(18)7(2)16-10-6-8(13)4-5-9(10)14/h4-7,16H,3H2,1-2H3,(H2,15,17,18,19). The van der Waals surface area contributed by atoms with Crippen LogP contribution in [0.25, 0.3) is 0 Å². The van der Waals surface area contributed by atoms with E-state index in [4.69, 9.17) is 11.6 Å². The predicted molar refractivity (Wildman–Crippen MR) is 71.7 cm³/mol. The fraction of sp³-hybridized carbons (Fsp3) is 0.333. The lowest BCUT2D eigenvalue weighted by Gasteiger charge is -2.15. The molecule has 1 rings (SSSR count). The van der Waals surface area contributed by atoms with Crippen LogP contribution in [0.2, 0.25) is 5.02 Å². The maximum Gasteiger partial charge on any atom is 0.321 e. The lowest BCUT2D eigenvalue weighted by Crippen LogP contribution is -2.45. The first-order valence-electron chi connectivity index (χ1n) is 5.74. The molecule has 0 spiro atoms. The Morgan fingerprint density at radius 3 is 2.74 bits per heavy atom. The van der Waals surface area contributed by atoms with Crippen molar-refractivity contribution in [1.29, 1.82) is 0 Å². The van der Waals surface area contributed by atoms with Crippen LogP contribution in [-0.2, 0) is 4.79 Å². The van der Waals surface area contributed by atoms with Gasteiger partial charge in [-0.2, -0.15) is 0 Å². The van der Waals surface area contributed by atoms with Crippen molar-refractivity contribution in [2.75, 3.05) is 11.9 Å². The number of carbonyl (C=O) groups excluding carboxylic acids is 2. The molecule has 0 aliphatic carbocycles. The van der Waals surface area contributed by atoms with E-state index >= 15 is 0 Å². The number of rotatable bonds is 4. The van der Waals surface area contributed by atoms with E-state index in [2.05, 4.69) is 16.0 Å². The maximum atomic E-state index is 13.4. The van der Waals surface area contributed by atoms with E-state index in [1.165, 1.54) is 25.1 Å². The molecule has 1 aromatic rings. The van der Waals surface area contributed by atoms with Gasteiger partial charge in [0.2, 0.25) is 5.91 Å². The van der Waals surface area contributed by atoms with Crippen molar-refractivity contribution in [3.05, 3.63) is 29.0 Å². The first-order chi connectivity index (χ1) is 8.93. The number of amides is 3. The average molecular weight is 288 g/mol. The summed E-state index contributed by atoms with van der Waals surface area (Å²) in [7, 11) is 0. The third kappa shape index (κ3) is 4.75. The quantitative estimate of drug-likeness (QED) is 0.794. The Kier molecular flexibility index (Phi) is 5.57.